The lowest BCUT2D eigenvalue weighted by Gasteiger charge is -2.47. The smallest absolute Gasteiger partial charge is 0.330 e. The van der Waals surface area contributed by atoms with E-state index in [0.717, 1.165) is 30.3 Å². The minimum Gasteiger partial charge on any atom is -0.508 e. The van der Waals surface area contributed by atoms with Crippen molar-refractivity contribution in [3.05, 3.63) is 117 Å². The molecule has 7 aliphatic rings. The number of aromatic hydroxyl groups is 3. The molecule has 0 radical (unpaired) electrons. The van der Waals surface area contributed by atoms with Crippen LogP contribution in [0.2, 0.25) is 10.0 Å². The Morgan fingerprint density at radius 3 is 1.97 bits per heavy atom. The standard InChI is InChI=1S/C70H80Cl2N6O24/c1-6-30(13-27(2)3)64(91)77-55-45(84)20-34(21-51(73)85)65(92)75-41-14-29-15-48(98-46-11-8-32(57(55)86)18-39(46)71)61(102-69-62(60(89)59(88)50(26-79)100-69)101-52-25-70(5,74)63(90)28(4)97-52)49(16-29)99-47-12-9-33(19-40(47)72)58(87)56-67(94)76-54(68(95)96)38-22-35(80)23-44(83)53(38)37-17-31(7-10-42(37)81)36(24-43(41)82)66(93)78-56/h7-12,15-19,22-23,27-28,30,34,36,41,50,52,54-60,62-63,69,79-81,83,86-90H,6,13-14,20-21,24-26,74H2,1-5H3,(H2,73,85)(H,75,92)(H,76,94)(H,77,91)(H,78,93)(H,95,96)/t28?,30-,34+,36-,41-,50?,52?,54+,55+,56+,57-,58-,59?,60?,62?,63?,69?,70?/m1/s1. The maximum Gasteiger partial charge on any atom is 0.330 e. The van der Waals surface area contributed by atoms with Crippen LogP contribution in [0.5, 0.6) is 46.0 Å². The number of phenolic OH excluding ortho intramolecular Hbond substituents is 3. The number of primary amides is 1. The van der Waals surface area contributed by atoms with E-state index in [2.05, 4.69) is 21.3 Å². The van der Waals surface area contributed by atoms with Gasteiger partial charge in [-0.05, 0) is 109 Å². The fraction of sp³-hybridized carbons (Fsp3) is 0.457. The molecular formula is C70H80Cl2N6O24. The van der Waals surface area contributed by atoms with Gasteiger partial charge in [-0.3, -0.25) is 33.6 Å². The van der Waals surface area contributed by atoms with E-state index in [-0.39, 0.29) is 56.1 Å². The fourth-order valence-corrected chi connectivity index (χ4v) is 13.9. The van der Waals surface area contributed by atoms with Crippen LogP contribution >= 0.6 is 23.2 Å². The van der Waals surface area contributed by atoms with Crippen molar-refractivity contribution < 1.29 is 118 Å². The van der Waals surface area contributed by atoms with Gasteiger partial charge in [-0.2, -0.15) is 0 Å². The largest absolute Gasteiger partial charge is 0.508 e. The number of hydrogen-bond acceptors (Lipinski definition) is 24. The molecule has 5 amide bonds. The van der Waals surface area contributed by atoms with Crippen molar-refractivity contribution in [1.82, 2.24) is 21.3 Å². The van der Waals surface area contributed by atoms with Gasteiger partial charge < -0.3 is 112 Å². The highest BCUT2D eigenvalue weighted by Gasteiger charge is 2.51. The Bertz CT molecular complexity index is 4080. The maximum absolute atomic E-state index is 15.9. The Morgan fingerprint density at radius 2 is 1.38 bits per heavy atom. The minimum absolute atomic E-state index is 0.0146. The first-order valence-electron chi connectivity index (χ1n) is 32.9. The number of carbonyl (C=O) groups excluding carboxylic acids is 7. The van der Waals surface area contributed by atoms with E-state index >= 15 is 14.4 Å². The summed E-state index contributed by atoms with van der Waals surface area (Å²) >= 11 is 14.2. The summed E-state index contributed by atoms with van der Waals surface area (Å²) < 4.78 is 38.5. The van der Waals surface area contributed by atoms with Crippen molar-refractivity contribution in [3.8, 4) is 57.1 Å². The molecule has 18 atom stereocenters. The number of aliphatic hydroxyl groups excluding tert-OH is 6. The molecule has 7 aliphatic heterocycles. The molecular weight excluding hydrogens is 1380 g/mol. The number of carbonyl (C=O) groups is 8. The second kappa shape index (κ2) is 31.1. The summed E-state index contributed by atoms with van der Waals surface area (Å²) in [5.41, 5.74) is 8.94. The van der Waals surface area contributed by atoms with Crippen LogP contribution in [0.15, 0.2) is 78.9 Å². The SMILES string of the molecule is CC[C@H](CC(C)C)C(=O)N[C@H]1C(=O)C[C@@H](CC(N)=O)C(=O)N[C@@H]2Cc3cc(c(OC4OC(CO)C(O)C(O)C4OC4CC(C)(N)C(O)C(C)O4)c(c3)Oc3ccc(cc3Cl)[C@H]1O)Oc1ccc(cc1Cl)[C@@H](O)[C@@H]1NC(=O)[C@H](CC2=O)c2ccc(O)c(c2)-c2c(O)cc(O)cc2[C@@H](C(=O)O)NC1=O. The summed E-state index contributed by atoms with van der Waals surface area (Å²) in [6, 6.07) is 6.42. The van der Waals surface area contributed by atoms with E-state index in [9.17, 15) is 75.0 Å². The molecule has 0 spiro atoms. The Balaban J connectivity index is 1.22. The monoisotopic (exact) mass is 1460 g/mol. The topological polar surface area (TPSA) is 494 Å². The first-order valence-corrected chi connectivity index (χ1v) is 33.6. The Hall–Kier alpha value is -8.76. The second-order valence-corrected chi connectivity index (χ2v) is 27.8. The number of halogens is 2. The first-order chi connectivity index (χ1) is 48.1. The number of nitrogens with one attached hydrogen (secondary N) is 4. The normalized spacial score (nSPS) is 29.5. The number of aliphatic carboxylic acids is 1. The number of carboxylic acids is 1. The number of amides is 5. The van der Waals surface area contributed by atoms with Gasteiger partial charge >= 0.3 is 5.97 Å². The predicted molar refractivity (Wildman–Crippen MR) is 358 cm³/mol. The van der Waals surface area contributed by atoms with Crippen LogP contribution < -0.4 is 46.9 Å². The first kappa shape index (κ1) is 75.9. The molecule has 12 bridgehead atoms. The molecule has 0 aromatic heterocycles. The van der Waals surface area contributed by atoms with Crippen LogP contribution in [-0.4, -0.2) is 178 Å². The molecule has 7 heterocycles. The van der Waals surface area contributed by atoms with Gasteiger partial charge in [-0.25, -0.2) is 4.79 Å². The summed E-state index contributed by atoms with van der Waals surface area (Å²) in [7, 11) is 0. The van der Waals surface area contributed by atoms with E-state index in [1.807, 2.05) is 13.8 Å². The lowest BCUT2D eigenvalue weighted by molar-refractivity contribution is -0.333. The molecule has 5 aromatic carbocycles. The second-order valence-electron chi connectivity index (χ2n) is 27.0. The van der Waals surface area contributed by atoms with Gasteiger partial charge in [-0.15, -0.1) is 0 Å². The van der Waals surface area contributed by atoms with Gasteiger partial charge in [0, 0.05) is 66.3 Å². The van der Waals surface area contributed by atoms with Crippen LogP contribution in [0.4, 0.5) is 0 Å². The number of ether oxygens (including phenoxy) is 6. The third-order valence-corrected chi connectivity index (χ3v) is 19.4. The number of phenols is 3. The van der Waals surface area contributed by atoms with Crippen LogP contribution in [0.3, 0.4) is 0 Å². The van der Waals surface area contributed by atoms with E-state index < -0.39 is 239 Å². The number of hydrogen-bond donors (Lipinski definition) is 16. The molecule has 12 rings (SSSR count). The highest BCUT2D eigenvalue weighted by molar-refractivity contribution is 6.32. The molecule has 5 aromatic rings. The molecule has 30 nitrogen and oxygen atoms in total. The predicted octanol–water partition coefficient (Wildman–Crippen LogP) is 3.39. The van der Waals surface area contributed by atoms with Gasteiger partial charge in [-0.1, -0.05) is 62.2 Å². The molecule has 9 unspecified atom stereocenters. The van der Waals surface area contributed by atoms with Gasteiger partial charge in [0.25, 0.3) is 0 Å². The summed E-state index contributed by atoms with van der Waals surface area (Å²) in [6.07, 6.45) is -20.1. The molecule has 0 saturated carbocycles. The van der Waals surface area contributed by atoms with Crippen LogP contribution in [0.25, 0.3) is 11.1 Å². The lowest BCUT2D eigenvalue weighted by atomic mass is 9.85. The van der Waals surface area contributed by atoms with Crippen molar-refractivity contribution in [2.75, 3.05) is 6.61 Å². The number of nitrogens with two attached hydrogens (primary N) is 2. The highest BCUT2D eigenvalue weighted by atomic mass is 35.5. The van der Waals surface area contributed by atoms with E-state index in [4.69, 9.17) is 63.1 Å². The van der Waals surface area contributed by atoms with Crippen molar-refractivity contribution in [2.24, 2.45) is 29.2 Å². The molecule has 2 fully saturated rings. The summed E-state index contributed by atoms with van der Waals surface area (Å²) in [4.78, 5) is 117. The van der Waals surface area contributed by atoms with Crippen molar-refractivity contribution in [3.63, 3.8) is 0 Å². The van der Waals surface area contributed by atoms with Crippen LogP contribution in [0, 0.1) is 17.8 Å². The quantitative estimate of drug-likeness (QED) is 0.0803. The number of benzene rings is 5. The lowest BCUT2D eigenvalue weighted by Crippen LogP contribution is -2.64. The van der Waals surface area contributed by atoms with Crippen molar-refractivity contribution in [1.29, 1.82) is 0 Å². The number of rotatable bonds is 13. The fourth-order valence-electron chi connectivity index (χ4n) is 13.4. The van der Waals surface area contributed by atoms with E-state index in [1.54, 1.807) is 6.92 Å². The Kier molecular flexibility index (Phi) is 23.1. The Morgan fingerprint density at radius 1 is 0.745 bits per heavy atom. The summed E-state index contributed by atoms with van der Waals surface area (Å²) in [5.74, 6) is -18.1. The number of carboxylic acid groups (broad SMARTS) is 1. The third-order valence-electron chi connectivity index (χ3n) is 18.9. The summed E-state index contributed by atoms with van der Waals surface area (Å²) in [6.45, 7) is 7.60. The molecule has 0 aliphatic carbocycles. The van der Waals surface area contributed by atoms with Crippen molar-refractivity contribution in [2.45, 2.75) is 177 Å². The number of ketones is 2. The maximum atomic E-state index is 15.9. The number of fused-ring (bicyclic) bond motifs is 15. The number of Topliss-reactive ketones (excluding diaryl/α,β-unsaturated/α-hetero) is 2. The molecule has 32 heteroatoms. The molecule has 2 saturated heterocycles. The number of aliphatic hydroxyl groups is 6. The zero-order valence-corrected chi connectivity index (χ0v) is 57.2. The zero-order chi connectivity index (χ0) is 74.2. The van der Waals surface area contributed by atoms with E-state index in [1.165, 1.54) is 62.4 Å². The highest BCUT2D eigenvalue weighted by Crippen LogP contribution is 2.49. The van der Waals surface area contributed by atoms with Crippen LogP contribution in [-0.2, 0) is 59.0 Å². The van der Waals surface area contributed by atoms with Gasteiger partial charge in [0.05, 0.1) is 46.7 Å². The van der Waals surface area contributed by atoms with E-state index in [0.29, 0.717) is 12.8 Å². The summed E-state index contributed by atoms with van der Waals surface area (Å²) in [5, 5.41) is 124. The Labute approximate surface area is 593 Å². The average molecular weight is 1460 g/mol. The molecule has 548 valence electrons. The molecule has 102 heavy (non-hydrogen) atoms. The van der Waals surface area contributed by atoms with Crippen molar-refractivity contribution >= 4 is 70.3 Å². The third kappa shape index (κ3) is 16.3. The average Bonchev–Trinajstić information content (AvgIpc) is 0.774. The zero-order valence-electron chi connectivity index (χ0n) is 55.7. The van der Waals surface area contributed by atoms with Gasteiger partial charge in [0.2, 0.25) is 41.6 Å². The minimum atomic E-state index is -2.24. The van der Waals surface area contributed by atoms with Gasteiger partial charge in [0.15, 0.2) is 41.5 Å². The van der Waals surface area contributed by atoms with Gasteiger partial charge in [0.1, 0.15) is 71.4 Å². The molecule has 18 N–H and O–H groups in total. The van der Waals surface area contributed by atoms with Crippen LogP contribution in [0.1, 0.15) is 125 Å².